The van der Waals surface area contributed by atoms with Crippen LogP contribution in [0.4, 0.5) is 11.4 Å². The van der Waals surface area contributed by atoms with Gasteiger partial charge in [0, 0.05) is 35.6 Å². The second kappa shape index (κ2) is 9.43. The number of carbonyl (C=O) groups excluding carboxylic acids is 1. The predicted molar refractivity (Wildman–Crippen MR) is 125 cm³/mol. The van der Waals surface area contributed by atoms with Crippen LogP contribution in [0, 0.1) is 13.8 Å². The molecule has 30 heavy (non-hydrogen) atoms. The van der Waals surface area contributed by atoms with Gasteiger partial charge in [-0.15, -0.1) is 12.4 Å². The fraction of sp³-hybridized carbons (Fsp3) is 0.375. The lowest BCUT2D eigenvalue weighted by Crippen LogP contribution is -2.43. The lowest BCUT2D eigenvalue weighted by molar-refractivity contribution is 0.0609. The highest BCUT2D eigenvalue weighted by molar-refractivity contribution is 6.07. The molecule has 4 rings (SSSR count). The molecule has 1 saturated heterocycles. The predicted octanol–water partition coefficient (Wildman–Crippen LogP) is 5.82. The van der Waals surface area contributed by atoms with Crippen molar-refractivity contribution < 1.29 is 4.79 Å². The normalized spacial score (nSPS) is 16.2. The van der Waals surface area contributed by atoms with Crippen LogP contribution in [-0.4, -0.2) is 33.4 Å². The summed E-state index contributed by atoms with van der Waals surface area (Å²) in [4.78, 5) is 24.7. The van der Waals surface area contributed by atoms with Gasteiger partial charge in [0.2, 0.25) is 0 Å². The van der Waals surface area contributed by atoms with E-state index in [1.54, 1.807) is 6.20 Å². The smallest absolute Gasteiger partial charge is 0.257 e. The molecule has 0 spiro atoms. The van der Waals surface area contributed by atoms with Crippen LogP contribution in [0.5, 0.6) is 0 Å². The molecule has 5 nitrogen and oxygen atoms in total. The van der Waals surface area contributed by atoms with Gasteiger partial charge in [-0.25, -0.2) is 9.97 Å². The number of amides is 1. The van der Waals surface area contributed by atoms with E-state index in [-0.39, 0.29) is 18.3 Å². The van der Waals surface area contributed by atoms with Crippen LogP contribution < -0.4 is 5.32 Å². The van der Waals surface area contributed by atoms with Gasteiger partial charge in [0.15, 0.2) is 5.65 Å². The Labute approximate surface area is 184 Å². The zero-order chi connectivity index (χ0) is 20.4. The Morgan fingerprint density at radius 3 is 2.80 bits per heavy atom. The standard InChI is InChI=1S/C24H28N4O.ClH/c1-4-19-10-5-6-13-28(19)24(29)21-15-25-23-20(12-11-17(3)26-23)22(21)27-18-9-7-8-16(2)14-18;/h7-9,11-12,14-15,19H,4-6,10,13H2,1-3H3,(H,25,26,27);1H. The van der Waals surface area contributed by atoms with Gasteiger partial charge in [0.25, 0.3) is 5.91 Å². The maximum atomic E-state index is 13.6. The Balaban J connectivity index is 0.00000256. The molecule has 0 bridgehead atoms. The van der Waals surface area contributed by atoms with Crippen molar-refractivity contribution >= 4 is 40.7 Å². The number of aryl methyl sites for hydroxylation is 2. The van der Waals surface area contributed by atoms with Crippen molar-refractivity contribution in [2.24, 2.45) is 0 Å². The first-order valence-electron chi connectivity index (χ1n) is 10.5. The summed E-state index contributed by atoms with van der Waals surface area (Å²) in [6.07, 6.45) is 6.00. The molecule has 6 heteroatoms. The van der Waals surface area contributed by atoms with E-state index in [9.17, 15) is 4.79 Å². The number of fused-ring (bicyclic) bond motifs is 1. The number of nitrogens with zero attached hydrogens (tertiary/aromatic N) is 3. The third-order valence-corrected chi connectivity index (χ3v) is 5.75. The maximum Gasteiger partial charge on any atom is 0.257 e. The minimum Gasteiger partial charge on any atom is -0.354 e. The third-order valence-electron chi connectivity index (χ3n) is 5.75. The number of hydrogen-bond donors (Lipinski definition) is 1. The number of rotatable bonds is 4. The van der Waals surface area contributed by atoms with E-state index >= 15 is 0 Å². The van der Waals surface area contributed by atoms with E-state index in [1.807, 2.05) is 36.1 Å². The number of carbonyl (C=O) groups is 1. The van der Waals surface area contributed by atoms with Crippen molar-refractivity contribution in [3.05, 3.63) is 59.4 Å². The van der Waals surface area contributed by atoms with E-state index in [4.69, 9.17) is 0 Å². The van der Waals surface area contributed by atoms with E-state index in [0.717, 1.165) is 53.8 Å². The summed E-state index contributed by atoms with van der Waals surface area (Å²) in [5, 5.41) is 4.37. The second-order valence-corrected chi connectivity index (χ2v) is 7.92. The van der Waals surface area contributed by atoms with Gasteiger partial charge in [0.05, 0.1) is 11.3 Å². The van der Waals surface area contributed by atoms with Crippen molar-refractivity contribution in [2.45, 2.75) is 52.5 Å². The number of halogens is 1. The number of aromatic nitrogens is 2. The number of pyridine rings is 2. The monoisotopic (exact) mass is 424 g/mol. The first-order valence-corrected chi connectivity index (χ1v) is 10.5. The highest BCUT2D eigenvalue weighted by Gasteiger charge is 2.28. The molecule has 0 radical (unpaired) electrons. The molecule has 0 aliphatic carbocycles. The lowest BCUT2D eigenvalue weighted by atomic mass is 9.98. The molecule has 158 valence electrons. The van der Waals surface area contributed by atoms with Crippen molar-refractivity contribution in [1.29, 1.82) is 0 Å². The van der Waals surface area contributed by atoms with Gasteiger partial charge < -0.3 is 10.2 Å². The van der Waals surface area contributed by atoms with Crippen molar-refractivity contribution in [2.75, 3.05) is 11.9 Å². The van der Waals surface area contributed by atoms with Gasteiger partial charge in [0.1, 0.15) is 0 Å². The number of benzene rings is 1. The average molecular weight is 425 g/mol. The highest BCUT2D eigenvalue weighted by Crippen LogP contribution is 2.31. The van der Waals surface area contributed by atoms with Gasteiger partial charge in [-0.1, -0.05) is 19.1 Å². The van der Waals surface area contributed by atoms with E-state index in [1.165, 1.54) is 6.42 Å². The Morgan fingerprint density at radius 2 is 2.03 bits per heavy atom. The Morgan fingerprint density at radius 1 is 1.20 bits per heavy atom. The fourth-order valence-corrected chi connectivity index (χ4v) is 4.18. The van der Waals surface area contributed by atoms with Crippen LogP contribution in [0.1, 0.15) is 54.2 Å². The summed E-state index contributed by atoms with van der Waals surface area (Å²) < 4.78 is 0. The molecule has 3 heterocycles. The van der Waals surface area contributed by atoms with Crippen molar-refractivity contribution in [3.63, 3.8) is 0 Å². The summed E-state index contributed by atoms with van der Waals surface area (Å²) in [5.41, 5.74) is 5.09. The van der Waals surface area contributed by atoms with Crippen LogP contribution in [0.25, 0.3) is 11.0 Å². The van der Waals surface area contributed by atoms with Gasteiger partial charge >= 0.3 is 0 Å². The molecule has 1 aromatic carbocycles. The fourth-order valence-electron chi connectivity index (χ4n) is 4.18. The van der Waals surface area contributed by atoms with Crippen molar-refractivity contribution in [3.8, 4) is 0 Å². The minimum atomic E-state index is 0. The molecule has 3 aromatic rings. The van der Waals surface area contributed by atoms with Crippen LogP contribution >= 0.6 is 12.4 Å². The SMILES string of the molecule is CCC1CCCCN1C(=O)c1cnc2nc(C)ccc2c1Nc1cccc(C)c1.Cl. The summed E-state index contributed by atoms with van der Waals surface area (Å²) in [6, 6.07) is 12.5. The number of likely N-dealkylation sites (tertiary alicyclic amines) is 1. The number of hydrogen-bond acceptors (Lipinski definition) is 4. The first kappa shape index (κ1) is 22.0. The largest absolute Gasteiger partial charge is 0.354 e. The zero-order valence-electron chi connectivity index (χ0n) is 17.8. The topological polar surface area (TPSA) is 58.1 Å². The number of anilines is 2. The molecule has 1 aliphatic heterocycles. The second-order valence-electron chi connectivity index (χ2n) is 7.92. The molecule has 1 fully saturated rings. The van der Waals surface area contributed by atoms with Gasteiger partial charge in [-0.05, 0) is 69.4 Å². The Kier molecular flexibility index (Phi) is 6.93. The minimum absolute atomic E-state index is 0. The molecule has 1 aliphatic rings. The van der Waals surface area contributed by atoms with E-state index in [2.05, 4.69) is 41.3 Å². The molecule has 0 saturated carbocycles. The zero-order valence-corrected chi connectivity index (χ0v) is 18.6. The van der Waals surface area contributed by atoms with Crippen molar-refractivity contribution in [1.82, 2.24) is 14.9 Å². The molecule has 2 aromatic heterocycles. The Hall–Kier alpha value is -2.66. The number of piperidine rings is 1. The summed E-state index contributed by atoms with van der Waals surface area (Å²) in [6.45, 7) is 6.98. The lowest BCUT2D eigenvalue weighted by Gasteiger charge is -2.35. The average Bonchev–Trinajstić information content (AvgIpc) is 2.73. The highest BCUT2D eigenvalue weighted by atomic mass is 35.5. The molecular formula is C24H29ClN4O. The van der Waals surface area contributed by atoms with Crippen LogP contribution in [0.3, 0.4) is 0 Å². The molecule has 1 unspecified atom stereocenters. The molecular weight excluding hydrogens is 396 g/mol. The quantitative estimate of drug-likeness (QED) is 0.573. The molecule has 1 amide bonds. The van der Waals surface area contributed by atoms with Crippen LogP contribution in [-0.2, 0) is 0 Å². The Bertz CT molecular complexity index is 1050. The van der Waals surface area contributed by atoms with Gasteiger partial charge in [-0.2, -0.15) is 0 Å². The molecule has 1 N–H and O–H groups in total. The van der Waals surface area contributed by atoms with Crippen LogP contribution in [0.2, 0.25) is 0 Å². The van der Waals surface area contributed by atoms with Gasteiger partial charge in [-0.3, -0.25) is 4.79 Å². The first-order chi connectivity index (χ1) is 14.1. The van der Waals surface area contributed by atoms with Crippen LogP contribution in [0.15, 0.2) is 42.6 Å². The third kappa shape index (κ3) is 4.41. The summed E-state index contributed by atoms with van der Waals surface area (Å²) in [7, 11) is 0. The van der Waals surface area contributed by atoms with E-state index in [0.29, 0.717) is 17.3 Å². The summed E-state index contributed by atoms with van der Waals surface area (Å²) >= 11 is 0. The summed E-state index contributed by atoms with van der Waals surface area (Å²) in [5.74, 6) is 0.0571. The van der Waals surface area contributed by atoms with E-state index < -0.39 is 0 Å². The molecule has 1 atom stereocenters. The number of nitrogens with one attached hydrogen (secondary N) is 1. The maximum absolute atomic E-state index is 13.6.